The van der Waals surface area contributed by atoms with Gasteiger partial charge in [0.15, 0.2) is 0 Å². The van der Waals surface area contributed by atoms with Gasteiger partial charge in [0.25, 0.3) is 0 Å². The molecule has 1 fully saturated rings. The first-order valence-electron chi connectivity index (χ1n) is 9.42. The predicted molar refractivity (Wildman–Crippen MR) is 110 cm³/mol. The lowest BCUT2D eigenvalue weighted by Gasteiger charge is -2.27. The van der Waals surface area contributed by atoms with Gasteiger partial charge in [-0.15, -0.1) is 5.10 Å². The van der Waals surface area contributed by atoms with Crippen LogP contribution < -0.4 is 15.0 Å². The third-order valence-electron chi connectivity index (χ3n) is 4.64. The maximum atomic E-state index is 6.44. The van der Waals surface area contributed by atoms with Crippen LogP contribution in [-0.2, 0) is 0 Å². The molecular weight excluding hydrogens is 376 g/mol. The average Bonchev–Trinajstić information content (AvgIpc) is 3.31. The van der Waals surface area contributed by atoms with Crippen molar-refractivity contribution < 1.29 is 4.74 Å². The summed E-state index contributed by atoms with van der Waals surface area (Å²) in [6.07, 6.45) is 3.78. The number of anilines is 3. The van der Waals surface area contributed by atoms with Crippen LogP contribution in [0, 0.1) is 0 Å². The van der Waals surface area contributed by atoms with E-state index < -0.39 is 0 Å². The standard InChI is InChI=1S/C20H23ClN6O/c1-13(2)28-20-11-18(25-26-20)24-17-10-19(23-12-22-17)27-9-5-8-16(27)14-6-3-4-7-15(14)21/h3-4,6-7,10-13,16H,5,8-9H2,1-2H3,(H2,22,23,24,25,26). The van der Waals surface area contributed by atoms with E-state index in [1.54, 1.807) is 6.33 Å². The van der Waals surface area contributed by atoms with Crippen LogP contribution >= 0.6 is 11.6 Å². The summed E-state index contributed by atoms with van der Waals surface area (Å²) in [6, 6.07) is 12.0. The molecular formula is C20H23ClN6O. The van der Waals surface area contributed by atoms with E-state index in [0.717, 1.165) is 35.8 Å². The molecule has 0 amide bonds. The molecule has 3 aromatic rings. The molecule has 2 N–H and O–H groups in total. The molecule has 0 aliphatic carbocycles. The van der Waals surface area contributed by atoms with Crippen molar-refractivity contribution in [3.05, 3.63) is 53.3 Å². The molecule has 3 heterocycles. The van der Waals surface area contributed by atoms with Crippen molar-refractivity contribution in [1.29, 1.82) is 0 Å². The molecule has 28 heavy (non-hydrogen) atoms. The smallest absolute Gasteiger partial charge is 0.234 e. The number of aromatic amines is 1. The van der Waals surface area contributed by atoms with Crippen molar-refractivity contribution in [1.82, 2.24) is 20.2 Å². The fourth-order valence-electron chi connectivity index (χ4n) is 3.49. The quantitative estimate of drug-likeness (QED) is 0.625. The van der Waals surface area contributed by atoms with Crippen molar-refractivity contribution in [2.75, 3.05) is 16.8 Å². The summed E-state index contributed by atoms with van der Waals surface area (Å²) in [5, 5.41) is 11.1. The van der Waals surface area contributed by atoms with Crippen molar-refractivity contribution in [2.24, 2.45) is 0 Å². The van der Waals surface area contributed by atoms with Crippen molar-refractivity contribution in [3.8, 4) is 5.88 Å². The van der Waals surface area contributed by atoms with Gasteiger partial charge in [-0.3, -0.25) is 5.10 Å². The number of hydrogen-bond donors (Lipinski definition) is 2. The summed E-state index contributed by atoms with van der Waals surface area (Å²) in [5.74, 6) is 2.82. The van der Waals surface area contributed by atoms with E-state index in [2.05, 4.69) is 36.4 Å². The minimum Gasteiger partial charge on any atom is -0.474 e. The van der Waals surface area contributed by atoms with E-state index in [1.807, 2.05) is 44.2 Å². The van der Waals surface area contributed by atoms with Crippen LogP contribution in [0.1, 0.15) is 38.3 Å². The van der Waals surface area contributed by atoms with E-state index in [0.29, 0.717) is 17.5 Å². The normalized spacial score (nSPS) is 16.6. The summed E-state index contributed by atoms with van der Waals surface area (Å²) < 4.78 is 5.58. The second-order valence-electron chi connectivity index (χ2n) is 7.05. The van der Waals surface area contributed by atoms with Crippen molar-refractivity contribution in [3.63, 3.8) is 0 Å². The van der Waals surface area contributed by atoms with Gasteiger partial charge in [-0.05, 0) is 38.3 Å². The highest BCUT2D eigenvalue weighted by Crippen LogP contribution is 2.38. The number of aromatic nitrogens is 4. The van der Waals surface area contributed by atoms with Crippen molar-refractivity contribution >= 4 is 29.1 Å². The molecule has 1 atom stereocenters. The monoisotopic (exact) mass is 398 g/mol. The first-order valence-corrected chi connectivity index (χ1v) is 9.80. The number of hydrogen-bond acceptors (Lipinski definition) is 6. The van der Waals surface area contributed by atoms with Crippen LogP contribution in [0.15, 0.2) is 42.7 Å². The number of ether oxygens (including phenoxy) is 1. The van der Waals surface area contributed by atoms with Crippen LogP contribution in [0.3, 0.4) is 0 Å². The van der Waals surface area contributed by atoms with Crippen LogP contribution in [-0.4, -0.2) is 32.8 Å². The predicted octanol–water partition coefficient (Wildman–Crippen LogP) is 4.73. The molecule has 2 aromatic heterocycles. The second kappa shape index (κ2) is 8.06. The number of nitrogens with zero attached hydrogens (tertiary/aromatic N) is 4. The summed E-state index contributed by atoms with van der Waals surface area (Å²) >= 11 is 6.44. The van der Waals surface area contributed by atoms with Gasteiger partial charge >= 0.3 is 0 Å². The average molecular weight is 399 g/mol. The van der Waals surface area contributed by atoms with Crippen LogP contribution in [0.4, 0.5) is 17.5 Å². The Bertz CT molecular complexity index is 944. The van der Waals surface area contributed by atoms with Gasteiger partial charge in [-0.25, -0.2) is 9.97 Å². The minimum absolute atomic E-state index is 0.0683. The number of halogens is 1. The lowest BCUT2D eigenvalue weighted by Crippen LogP contribution is -2.24. The third-order valence-corrected chi connectivity index (χ3v) is 4.98. The second-order valence-corrected chi connectivity index (χ2v) is 7.45. The van der Waals surface area contributed by atoms with Gasteiger partial charge in [0.1, 0.15) is 23.8 Å². The maximum Gasteiger partial charge on any atom is 0.234 e. The van der Waals surface area contributed by atoms with Gasteiger partial charge in [0.05, 0.1) is 12.1 Å². The molecule has 0 bridgehead atoms. The Hall–Kier alpha value is -2.80. The molecule has 146 valence electrons. The van der Waals surface area contributed by atoms with Gasteiger partial charge in [-0.2, -0.15) is 0 Å². The van der Waals surface area contributed by atoms with E-state index in [1.165, 1.54) is 0 Å². The number of H-pyrrole nitrogens is 1. The largest absolute Gasteiger partial charge is 0.474 e. The Labute approximate surface area is 169 Å². The zero-order valence-corrected chi connectivity index (χ0v) is 16.6. The molecule has 0 spiro atoms. The molecule has 1 aliphatic heterocycles. The topological polar surface area (TPSA) is 79.0 Å². The Morgan fingerprint density at radius 1 is 1.25 bits per heavy atom. The van der Waals surface area contributed by atoms with Crippen molar-refractivity contribution in [2.45, 2.75) is 38.8 Å². The Kier molecular flexibility index (Phi) is 5.34. The Morgan fingerprint density at radius 2 is 2.11 bits per heavy atom. The molecule has 4 rings (SSSR count). The van der Waals surface area contributed by atoms with E-state index in [-0.39, 0.29) is 12.1 Å². The summed E-state index contributed by atoms with van der Waals surface area (Å²) in [5.41, 5.74) is 1.14. The van der Waals surface area contributed by atoms with Gasteiger partial charge in [-0.1, -0.05) is 29.8 Å². The lowest BCUT2D eigenvalue weighted by molar-refractivity contribution is 0.232. The highest BCUT2D eigenvalue weighted by atomic mass is 35.5. The molecule has 0 saturated carbocycles. The highest BCUT2D eigenvalue weighted by molar-refractivity contribution is 6.31. The molecule has 8 heteroatoms. The maximum absolute atomic E-state index is 6.44. The molecule has 0 radical (unpaired) electrons. The molecule has 1 saturated heterocycles. The molecule has 1 aromatic carbocycles. The molecule has 1 aliphatic rings. The zero-order chi connectivity index (χ0) is 19.5. The summed E-state index contributed by atoms with van der Waals surface area (Å²) in [4.78, 5) is 11.1. The van der Waals surface area contributed by atoms with E-state index in [4.69, 9.17) is 16.3 Å². The number of rotatable bonds is 6. The van der Waals surface area contributed by atoms with Crippen LogP contribution in [0.2, 0.25) is 5.02 Å². The fraction of sp³-hybridized carbons (Fsp3) is 0.350. The van der Waals surface area contributed by atoms with Crippen LogP contribution in [0.5, 0.6) is 5.88 Å². The SMILES string of the molecule is CC(C)Oc1cc(Nc2cc(N3CCCC3c3ccccc3Cl)ncn2)[nH]n1. The van der Waals surface area contributed by atoms with Gasteiger partial charge in [0, 0.05) is 23.7 Å². The lowest BCUT2D eigenvalue weighted by atomic mass is 10.0. The number of nitrogens with one attached hydrogen (secondary N) is 2. The number of benzene rings is 1. The van der Waals surface area contributed by atoms with Gasteiger partial charge < -0.3 is 15.0 Å². The first-order chi connectivity index (χ1) is 13.6. The van der Waals surface area contributed by atoms with Gasteiger partial charge in [0.2, 0.25) is 5.88 Å². The zero-order valence-electron chi connectivity index (χ0n) is 15.9. The Morgan fingerprint density at radius 3 is 2.93 bits per heavy atom. The minimum atomic E-state index is 0.0683. The first kappa shape index (κ1) is 18.6. The van der Waals surface area contributed by atoms with Crippen LogP contribution in [0.25, 0.3) is 0 Å². The summed E-state index contributed by atoms with van der Waals surface area (Å²) in [7, 11) is 0. The van der Waals surface area contributed by atoms with E-state index >= 15 is 0 Å². The fourth-order valence-corrected chi connectivity index (χ4v) is 3.75. The summed E-state index contributed by atoms with van der Waals surface area (Å²) in [6.45, 7) is 4.86. The molecule has 1 unspecified atom stereocenters. The highest BCUT2D eigenvalue weighted by Gasteiger charge is 2.28. The molecule has 7 nitrogen and oxygen atoms in total. The Balaban J connectivity index is 1.53. The third kappa shape index (κ3) is 4.04. The van der Waals surface area contributed by atoms with E-state index in [9.17, 15) is 0 Å².